The van der Waals surface area contributed by atoms with Gasteiger partial charge in [-0.1, -0.05) is 46.6 Å². The number of nitrogens with one attached hydrogen (secondary N) is 1. The van der Waals surface area contributed by atoms with Crippen LogP contribution in [0, 0.1) is 12.7 Å². The van der Waals surface area contributed by atoms with Gasteiger partial charge in [0, 0.05) is 9.50 Å². The Morgan fingerprint density at radius 1 is 1.24 bits per heavy atom. The summed E-state index contributed by atoms with van der Waals surface area (Å²) in [6.07, 6.45) is 1.00. The van der Waals surface area contributed by atoms with Crippen LogP contribution < -0.4 is 5.32 Å². The van der Waals surface area contributed by atoms with Crippen LogP contribution in [0.4, 0.5) is 4.39 Å². The molecule has 0 aromatic heterocycles. The molecule has 1 nitrogen and oxygen atoms in total. The molecule has 0 spiro atoms. The van der Waals surface area contributed by atoms with E-state index in [-0.39, 0.29) is 11.9 Å². The first-order valence-electron chi connectivity index (χ1n) is 6.97. The Hall–Kier alpha value is -0.900. The third kappa shape index (κ3) is 4.06. The van der Waals surface area contributed by atoms with Gasteiger partial charge in [0.2, 0.25) is 0 Å². The number of aryl methyl sites for hydroxylation is 1. The molecular formula is C17H18BrClFN. The third-order valence-electron chi connectivity index (χ3n) is 3.40. The second-order valence-electron chi connectivity index (χ2n) is 5.06. The lowest BCUT2D eigenvalue weighted by Gasteiger charge is -2.21. The number of benzene rings is 2. The molecule has 1 atom stereocenters. The van der Waals surface area contributed by atoms with Crippen LogP contribution in [0.15, 0.2) is 40.9 Å². The maximum absolute atomic E-state index is 13.6. The lowest BCUT2D eigenvalue weighted by atomic mass is 9.97. The summed E-state index contributed by atoms with van der Waals surface area (Å²) in [7, 11) is 0. The molecular weight excluding hydrogens is 353 g/mol. The van der Waals surface area contributed by atoms with E-state index in [1.54, 1.807) is 12.1 Å². The van der Waals surface area contributed by atoms with Crippen LogP contribution in [0.5, 0.6) is 0 Å². The molecule has 0 bridgehead atoms. The Labute approximate surface area is 138 Å². The minimum Gasteiger partial charge on any atom is -0.306 e. The molecule has 0 aliphatic heterocycles. The fourth-order valence-electron chi connectivity index (χ4n) is 2.22. The van der Waals surface area contributed by atoms with Gasteiger partial charge >= 0.3 is 0 Å². The van der Waals surface area contributed by atoms with E-state index < -0.39 is 0 Å². The van der Waals surface area contributed by atoms with Crippen molar-refractivity contribution in [3.8, 4) is 0 Å². The van der Waals surface area contributed by atoms with Crippen molar-refractivity contribution in [3.05, 3.63) is 68.4 Å². The van der Waals surface area contributed by atoms with Crippen molar-refractivity contribution in [2.75, 3.05) is 6.54 Å². The average Bonchev–Trinajstić information content (AvgIpc) is 2.46. The molecule has 112 valence electrons. The Morgan fingerprint density at radius 2 is 2.00 bits per heavy atom. The van der Waals surface area contributed by atoms with Crippen LogP contribution in [0.3, 0.4) is 0 Å². The molecule has 2 aromatic rings. The van der Waals surface area contributed by atoms with Crippen molar-refractivity contribution in [1.82, 2.24) is 5.32 Å². The van der Waals surface area contributed by atoms with Crippen LogP contribution >= 0.6 is 27.5 Å². The summed E-state index contributed by atoms with van der Waals surface area (Å²) in [6, 6.07) is 10.6. The van der Waals surface area contributed by atoms with E-state index in [0.717, 1.165) is 39.2 Å². The first-order valence-corrected chi connectivity index (χ1v) is 8.14. The van der Waals surface area contributed by atoms with Crippen molar-refractivity contribution < 1.29 is 4.39 Å². The summed E-state index contributed by atoms with van der Waals surface area (Å²) in [6.45, 7) is 4.92. The smallest absolute Gasteiger partial charge is 0.123 e. The molecule has 0 aliphatic rings. The van der Waals surface area contributed by atoms with Crippen LogP contribution in [-0.4, -0.2) is 6.54 Å². The Bertz CT molecular complexity index is 630. The van der Waals surface area contributed by atoms with Crippen LogP contribution in [0.25, 0.3) is 0 Å². The lowest BCUT2D eigenvalue weighted by molar-refractivity contribution is 0.583. The standard InChI is InChI=1S/C17H18BrClFN/c1-3-8-21-17(12-5-4-11(2)16(19)9-12)14-10-13(20)6-7-15(14)18/h4-7,9-10,17,21H,3,8H2,1-2H3. The molecule has 0 saturated heterocycles. The van der Waals surface area contributed by atoms with Crippen molar-refractivity contribution in [3.63, 3.8) is 0 Å². The van der Waals surface area contributed by atoms with Gasteiger partial charge in [-0.15, -0.1) is 0 Å². The number of rotatable bonds is 5. The molecule has 0 aliphatic carbocycles. The zero-order valence-electron chi connectivity index (χ0n) is 12.1. The van der Waals surface area contributed by atoms with Crippen molar-refractivity contribution in [2.45, 2.75) is 26.3 Å². The van der Waals surface area contributed by atoms with E-state index in [1.807, 2.05) is 25.1 Å². The molecule has 2 aromatic carbocycles. The molecule has 4 heteroatoms. The largest absolute Gasteiger partial charge is 0.306 e. The fourth-order valence-corrected chi connectivity index (χ4v) is 2.89. The van der Waals surface area contributed by atoms with E-state index in [4.69, 9.17) is 11.6 Å². The molecule has 1 N–H and O–H groups in total. The van der Waals surface area contributed by atoms with Crippen LogP contribution in [0.1, 0.15) is 36.1 Å². The van der Waals surface area contributed by atoms with Gasteiger partial charge in [-0.3, -0.25) is 0 Å². The average molecular weight is 371 g/mol. The SMILES string of the molecule is CCCNC(c1ccc(C)c(Cl)c1)c1cc(F)ccc1Br. The van der Waals surface area contributed by atoms with E-state index >= 15 is 0 Å². The van der Waals surface area contributed by atoms with Crippen LogP contribution in [0.2, 0.25) is 5.02 Å². The Balaban J connectivity index is 2.46. The summed E-state index contributed by atoms with van der Waals surface area (Å²) in [4.78, 5) is 0. The number of halogens is 3. The number of hydrogen-bond acceptors (Lipinski definition) is 1. The Kier molecular flexibility index (Phi) is 5.80. The second kappa shape index (κ2) is 7.39. The van der Waals surface area contributed by atoms with Gasteiger partial charge in [-0.05, 0) is 60.8 Å². The minimum absolute atomic E-state index is 0.0897. The maximum Gasteiger partial charge on any atom is 0.123 e. The van der Waals surface area contributed by atoms with Gasteiger partial charge in [0.25, 0.3) is 0 Å². The summed E-state index contributed by atoms with van der Waals surface area (Å²) < 4.78 is 14.5. The molecule has 2 rings (SSSR count). The quantitative estimate of drug-likeness (QED) is 0.718. The van der Waals surface area contributed by atoms with Gasteiger partial charge in [0.05, 0.1) is 6.04 Å². The predicted octanol–water partition coefficient (Wildman–Crippen LogP) is 5.64. The van der Waals surface area contributed by atoms with Crippen molar-refractivity contribution in [1.29, 1.82) is 0 Å². The van der Waals surface area contributed by atoms with E-state index in [1.165, 1.54) is 6.07 Å². The second-order valence-corrected chi connectivity index (χ2v) is 6.32. The monoisotopic (exact) mass is 369 g/mol. The predicted molar refractivity (Wildman–Crippen MR) is 90.4 cm³/mol. The highest BCUT2D eigenvalue weighted by Crippen LogP contribution is 2.31. The zero-order valence-corrected chi connectivity index (χ0v) is 14.4. The van der Waals surface area contributed by atoms with Crippen molar-refractivity contribution >= 4 is 27.5 Å². The molecule has 0 amide bonds. The summed E-state index contributed by atoms with van der Waals surface area (Å²) in [5.41, 5.74) is 2.95. The lowest BCUT2D eigenvalue weighted by Crippen LogP contribution is -2.23. The van der Waals surface area contributed by atoms with E-state index in [2.05, 4.69) is 28.2 Å². The topological polar surface area (TPSA) is 12.0 Å². The van der Waals surface area contributed by atoms with Gasteiger partial charge in [-0.25, -0.2) is 4.39 Å². The third-order valence-corrected chi connectivity index (χ3v) is 4.53. The molecule has 0 radical (unpaired) electrons. The first kappa shape index (κ1) is 16.5. The molecule has 0 saturated carbocycles. The molecule has 1 unspecified atom stereocenters. The molecule has 21 heavy (non-hydrogen) atoms. The zero-order chi connectivity index (χ0) is 15.4. The highest BCUT2D eigenvalue weighted by molar-refractivity contribution is 9.10. The van der Waals surface area contributed by atoms with Crippen LogP contribution in [-0.2, 0) is 0 Å². The summed E-state index contributed by atoms with van der Waals surface area (Å²) in [5, 5.41) is 4.19. The minimum atomic E-state index is -0.241. The van der Waals surface area contributed by atoms with Gasteiger partial charge < -0.3 is 5.32 Å². The Morgan fingerprint density at radius 3 is 2.67 bits per heavy atom. The highest BCUT2D eigenvalue weighted by atomic mass is 79.9. The highest BCUT2D eigenvalue weighted by Gasteiger charge is 2.17. The molecule has 0 fully saturated rings. The summed E-state index contributed by atoms with van der Waals surface area (Å²) >= 11 is 9.75. The van der Waals surface area contributed by atoms with Gasteiger partial charge in [0.1, 0.15) is 5.82 Å². The van der Waals surface area contributed by atoms with Crippen molar-refractivity contribution in [2.24, 2.45) is 0 Å². The van der Waals surface area contributed by atoms with E-state index in [0.29, 0.717) is 0 Å². The maximum atomic E-state index is 13.6. The fraction of sp³-hybridized carbons (Fsp3) is 0.294. The number of hydrogen-bond donors (Lipinski definition) is 1. The first-order chi connectivity index (χ1) is 10.0. The van der Waals surface area contributed by atoms with Gasteiger partial charge in [-0.2, -0.15) is 0 Å². The summed E-state index contributed by atoms with van der Waals surface area (Å²) in [5.74, 6) is -0.241. The van der Waals surface area contributed by atoms with E-state index in [9.17, 15) is 4.39 Å². The normalized spacial score (nSPS) is 12.4. The molecule has 0 heterocycles. The van der Waals surface area contributed by atoms with Gasteiger partial charge in [0.15, 0.2) is 0 Å².